The predicted molar refractivity (Wildman–Crippen MR) is 180 cm³/mol. The van der Waals surface area contributed by atoms with Crippen LogP contribution in [-0.2, 0) is 0 Å². The molecular formula is C40H25N3O. The molecule has 0 saturated heterocycles. The Balaban J connectivity index is 1.35. The Labute approximate surface area is 253 Å². The van der Waals surface area contributed by atoms with E-state index < -0.39 is 0 Å². The monoisotopic (exact) mass is 563 g/mol. The maximum atomic E-state index is 6.45. The molecule has 44 heavy (non-hydrogen) atoms. The van der Waals surface area contributed by atoms with Gasteiger partial charge < -0.3 is 8.98 Å². The van der Waals surface area contributed by atoms with Crippen molar-refractivity contribution in [2.75, 3.05) is 0 Å². The minimum atomic E-state index is 0.676. The summed E-state index contributed by atoms with van der Waals surface area (Å²) in [5.74, 6) is 0.676. The average Bonchev–Trinajstić information content (AvgIpc) is 3.65. The molecule has 3 aromatic heterocycles. The van der Waals surface area contributed by atoms with Crippen LogP contribution in [0.5, 0.6) is 0 Å². The first kappa shape index (κ1) is 24.6. The van der Waals surface area contributed by atoms with E-state index in [1.807, 2.05) is 36.4 Å². The van der Waals surface area contributed by atoms with Crippen LogP contribution in [0, 0.1) is 0 Å². The molecule has 0 spiro atoms. The minimum absolute atomic E-state index is 0.676. The lowest BCUT2D eigenvalue weighted by molar-refractivity contribution is 0.670. The Kier molecular flexibility index (Phi) is 5.47. The quantitative estimate of drug-likeness (QED) is 0.214. The molecule has 6 aromatic carbocycles. The van der Waals surface area contributed by atoms with Gasteiger partial charge in [-0.25, -0.2) is 9.97 Å². The molecule has 9 aromatic rings. The van der Waals surface area contributed by atoms with Gasteiger partial charge >= 0.3 is 0 Å². The average molecular weight is 564 g/mol. The number of rotatable bonds is 4. The molecule has 0 fully saturated rings. The number of para-hydroxylation sites is 4. The van der Waals surface area contributed by atoms with Crippen LogP contribution in [0.1, 0.15) is 0 Å². The predicted octanol–water partition coefficient (Wildman–Crippen LogP) is 10.5. The van der Waals surface area contributed by atoms with Crippen molar-refractivity contribution in [2.45, 2.75) is 0 Å². The van der Waals surface area contributed by atoms with Gasteiger partial charge in [-0.15, -0.1) is 0 Å². The van der Waals surface area contributed by atoms with Gasteiger partial charge in [0.25, 0.3) is 0 Å². The standard InChI is InChI=1S/C40H25N3O/c1-3-13-26(14-4-1)40-41-33(25-34(42-40)31-21-11-19-29-28-17-8-10-24-37(28)44-39(29)31)30-20-12-23-36-38(30)32-18-7-9-22-35(32)43(36)27-15-5-2-6-16-27/h1-25H. The van der Waals surface area contributed by atoms with Crippen LogP contribution in [0.25, 0.3) is 83.3 Å². The molecule has 4 heteroatoms. The van der Waals surface area contributed by atoms with E-state index >= 15 is 0 Å². The highest BCUT2D eigenvalue weighted by atomic mass is 16.3. The lowest BCUT2D eigenvalue weighted by atomic mass is 10.0. The number of benzene rings is 6. The summed E-state index contributed by atoms with van der Waals surface area (Å²) in [5.41, 5.74) is 9.77. The number of nitrogens with zero attached hydrogens (tertiary/aromatic N) is 3. The molecule has 0 unspecified atom stereocenters. The van der Waals surface area contributed by atoms with Gasteiger partial charge in [0.1, 0.15) is 11.2 Å². The minimum Gasteiger partial charge on any atom is -0.455 e. The van der Waals surface area contributed by atoms with Crippen molar-refractivity contribution in [1.29, 1.82) is 0 Å². The van der Waals surface area contributed by atoms with Gasteiger partial charge in [0.2, 0.25) is 0 Å². The number of hydrogen-bond acceptors (Lipinski definition) is 3. The van der Waals surface area contributed by atoms with Crippen LogP contribution in [-0.4, -0.2) is 14.5 Å². The topological polar surface area (TPSA) is 43.9 Å². The van der Waals surface area contributed by atoms with E-state index in [-0.39, 0.29) is 0 Å². The molecule has 4 nitrogen and oxygen atoms in total. The third-order valence-corrected chi connectivity index (χ3v) is 8.43. The van der Waals surface area contributed by atoms with Crippen molar-refractivity contribution in [3.63, 3.8) is 0 Å². The van der Waals surface area contributed by atoms with Crippen LogP contribution < -0.4 is 0 Å². The van der Waals surface area contributed by atoms with Crippen molar-refractivity contribution in [1.82, 2.24) is 14.5 Å². The van der Waals surface area contributed by atoms with Crippen LogP contribution >= 0.6 is 0 Å². The SMILES string of the molecule is c1ccc(-c2nc(-c3cccc4c3oc3ccccc34)cc(-c3cccc4c3c3ccccc3n4-c3ccccc3)n2)cc1. The first-order valence-electron chi connectivity index (χ1n) is 14.8. The van der Waals surface area contributed by atoms with Gasteiger partial charge in [-0.3, -0.25) is 0 Å². The highest BCUT2D eigenvalue weighted by molar-refractivity contribution is 6.16. The fraction of sp³-hybridized carbons (Fsp3) is 0. The molecule has 0 aliphatic carbocycles. The Hall–Kier alpha value is -6.00. The third kappa shape index (κ3) is 3.78. The van der Waals surface area contributed by atoms with Gasteiger partial charge in [-0.05, 0) is 42.5 Å². The Morgan fingerprint density at radius 2 is 1.09 bits per heavy atom. The van der Waals surface area contributed by atoms with E-state index in [0.29, 0.717) is 5.82 Å². The van der Waals surface area contributed by atoms with E-state index in [1.165, 1.54) is 5.39 Å². The lowest BCUT2D eigenvalue weighted by Crippen LogP contribution is -1.97. The van der Waals surface area contributed by atoms with E-state index in [2.05, 4.69) is 120 Å². The van der Waals surface area contributed by atoms with Crippen LogP contribution in [0.3, 0.4) is 0 Å². The molecule has 0 amide bonds. The molecule has 0 bridgehead atoms. The van der Waals surface area contributed by atoms with Crippen LogP contribution in [0.15, 0.2) is 156 Å². The second kappa shape index (κ2) is 9.79. The normalized spacial score (nSPS) is 11.6. The highest BCUT2D eigenvalue weighted by Crippen LogP contribution is 2.40. The van der Waals surface area contributed by atoms with Gasteiger partial charge in [-0.2, -0.15) is 0 Å². The summed E-state index contributed by atoms with van der Waals surface area (Å²) in [4.78, 5) is 10.3. The number of fused-ring (bicyclic) bond motifs is 6. The zero-order valence-corrected chi connectivity index (χ0v) is 23.7. The molecule has 0 aliphatic heterocycles. The first-order chi connectivity index (χ1) is 21.8. The van der Waals surface area contributed by atoms with E-state index in [9.17, 15) is 0 Å². The van der Waals surface area contributed by atoms with Gasteiger partial charge in [0.15, 0.2) is 5.82 Å². The number of furan rings is 1. The zero-order valence-electron chi connectivity index (χ0n) is 23.7. The van der Waals surface area contributed by atoms with Crippen molar-refractivity contribution in [2.24, 2.45) is 0 Å². The van der Waals surface area contributed by atoms with Gasteiger partial charge in [0, 0.05) is 43.9 Å². The van der Waals surface area contributed by atoms with Crippen LogP contribution in [0.2, 0.25) is 0 Å². The summed E-state index contributed by atoms with van der Waals surface area (Å²) in [7, 11) is 0. The summed E-state index contributed by atoms with van der Waals surface area (Å²) in [5, 5.41) is 4.52. The van der Waals surface area contributed by atoms with Gasteiger partial charge in [-0.1, -0.05) is 109 Å². The summed E-state index contributed by atoms with van der Waals surface area (Å²) in [6.07, 6.45) is 0. The molecule has 0 atom stereocenters. The molecule has 3 heterocycles. The molecule has 0 aliphatic rings. The fourth-order valence-corrected chi connectivity index (χ4v) is 6.48. The van der Waals surface area contributed by atoms with Crippen molar-refractivity contribution >= 4 is 43.7 Å². The molecule has 0 saturated carbocycles. The highest BCUT2D eigenvalue weighted by Gasteiger charge is 2.20. The molecule has 0 N–H and O–H groups in total. The first-order valence-corrected chi connectivity index (χ1v) is 14.8. The molecule has 0 radical (unpaired) electrons. The maximum Gasteiger partial charge on any atom is 0.160 e. The van der Waals surface area contributed by atoms with Crippen molar-refractivity contribution in [3.8, 4) is 39.6 Å². The number of aromatic nitrogens is 3. The maximum absolute atomic E-state index is 6.45. The largest absolute Gasteiger partial charge is 0.455 e. The zero-order chi connectivity index (χ0) is 29.0. The van der Waals surface area contributed by atoms with Crippen molar-refractivity contribution < 1.29 is 4.42 Å². The summed E-state index contributed by atoms with van der Waals surface area (Å²) < 4.78 is 8.78. The smallest absolute Gasteiger partial charge is 0.160 e. The summed E-state index contributed by atoms with van der Waals surface area (Å²) >= 11 is 0. The molecule has 206 valence electrons. The molecular weight excluding hydrogens is 538 g/mol. The summed E-state index contributed by atoms with van der Waals surface area (Å²) in [6.45, 7) is 0. The van der Waals surface area contributed by atoms with E-state index in [1.54, 1.807) is 0 Å². The van der Waals surface area contributed by atoms with Crippen molar-refractivity contribution in [3.05, 3.63) is 152 Å². The Morgan fingerprint density at radius 1 is 0.477 bits per heavy atom. The van der Waals surface area contributed by atoms with Gasteiger partial charge in [0.05, 0.1) is 22.4 Å². The Morgan fingerprint density at radius 3 is 1.93 bits per heavy atom. The molecule has 9 rings (SSSR count). The van der Waals surface area contributed by atoms with Crippen LogP contribution in [0.4, 0.5) is 0 Å². The van der Waals surface area contributed by atoms with E-state index in [4.69, 9.17) is 14.4 Å². The number of hydrogen-bond donors (Lipinski definition) is 0. The lowest BCUT2D eigenvalue weighted by Gasteiger charge is -2.11. The summed E-state index contributed by atoms with van der Waals surface area (Å²) in [6, 6.07) is 52.4. The third-order valence-electron chi connectivity index (χ3n) is 8.43. The second-order valence-corrected chi connectivity index (χ2v) is 11.0. The second-order valence-electron chi connectivity index (χ2n) is 11.0. The van der Waals surface area contributed by atoms with E-state index in [0.717, 1.165) is 72.1 Å². The Bertz CT molecular complexity index is 2490. The fourth-order valence-electron chi connectivity index (χ4n) is 6.48.